The number of nitrogens with one attached hydrogen (secondary N) is 2. The largest absolute Gasteiger partial charge is 0.450 e. The summed E-state index contributed by atoms with van der Waals surface area (Å²) in [5.41, 5.74) is 0. The van der Waals surface area contributed by atoms with Crippen molar-refractivity contribution in [2.45, 2.75) is 58.9 Å². The van der Waals surface area contributed by atoms with Crippen molar-refractivity contribution in [3.63, 3.8) is 0 Å². The molecule has 1 aliphatic heterocycles. The quantitative estimate of drug-likeness (QED) is 0.331. The Balaban J connectivity index is 0.00000392. The normalized spacial score (nSPS) is 15.3. The number of aliphatic imine (C=N–C) groups is 1. The number of carbonyl (C=O) groups is 1. The highest BCUT2D eigenvalue weighted by Crippen LogP contribution is 2.12. The zero-order valence-electron chi connectivity index (χ0n) is 17.2. The van der Waals surface area contributed by atoms with Crippen LogP contribution in [-0.4, -0.2) is 65.9 Å². The lowest BCUT2D eigenvalue weighted by Crippen LogP contribution is -2.50. The maximum absolute atomic E-state index is 11.8. The van der Waals surface area contributed by atoms with Gasteiger partial charge in [0.05, 0.1) is 13.2 Å². The summed E-state index contributed by atoms with van der Waals surface area (Å²) >= 11 is 0. The van der Waals surface area contributed by atoms with E-state index < -0.39 is 0 Å². The minimum atomic E-state index is -0.225. The highest BCUT2D eigenvalue weighted by molar-refractivity contribution is 14.0. The second-order valence-electron chi connectivity index (χ2n) is 6.82. The molecule has 2 rings (SSSR count). The van der Waals surface area contributed by atoms with Crippen LogP contribution in [0.25, 0.3) is 0 Å². The monoisotopic (exact) mass is 508 g/mol. The highest BCUT2D eigenvalue weighted by atomic mass is 127. The van der Waals surface area contributed by atoms with E-state index in [2.05, 4.69) is 25.8 Å². The number of likely N-dealkylation sites (tertiary alicyclic amines) is 1. The molecule has 0 atom stereocenters. The lowest BCUT2D eigenvalue weighted by Gasteiger charge is -2.32. The number of guanidine groups is 1. The summed E-state index contributed by atoms with van der Waals surface area (Å²) in [6.45, 7) is 11.1. The van der Waals surface area contributed by atoms with Crippen molar-refractivity contribution in [3.8, 4) is 0 Å². The van der Waals surface area contributed by atoms with Crippen molar-refractivity contribution in [2.75, 3.05) is 32.8 Å². The van der Waals surface area contributed by atoms with Gasteiger partial charge in [-0.3, -0.25) is 4.99 Å². The van der Waals surface area contributed by atoms with E-state index >= 15 is 0 Å². The predicted octanol–water partition coefficient (Wildman–Crippen LogP) is 2.53. The standard InChI is InChI=1S/C18H32N6O3.HI/c1-5-19-17(20-10-7-15-22-16(13(3)4)23-27-15)21-14-8-11-24(12-9-14)18(25)26-6-2;/h13-14H,5-12H2,1-4H3,(H2,19,20,21);1H. The van der Waals surface area contributed by atoms with Crippen LogP contribution in [0.1, 0.15) is 58.2 Å². The van der Waals surface area contributed by atoms with Crippen LogP contribution in [0.4, 0.5) is 4.79 Å². The number of ether oxygens (including phenoxy) is 1. The van der Waals surface area contributed by atoms with Gasteiger partial charge in [-0.2, -0.15) is 4.98 Å². The van der Waals surface area contributed by atoms with Gasteiger partial charge in [-0.1, -0.05) is 19.0 Å². The lowest BCUT2D eigenvalue weighted by atomic mass is 10.1. The number of piperidine rings is 1. The summed E-state index contributed by atoms with van der Waals surface area (Å²) in [5.74, 6) is 2.37. The van der Waals surface area contributed by atoms with Crippen LogP contribution < -0.4 is 10.6 Å². The van der Waals surface area contributed by atoms with Crippen molar-refractivity contribution in [2.24, 2.45) is 4.99 Å². The molecule has 0 saturated carbocycles. The first kappa shape index (κ1) is 24.4. The molecule has 2 N–H and O–H groups in total. The summed E-state index contributed by atoms with van der Waals surface area (Å²) < 4.78 is 10.3. The first-order valence-corrected chi connectivity index (χ1v) is 9.82. The highest BCUT2D eigenvalue weighted by Gasteiger charge is 2.24. The van der Waals surface area contributed by atoms with E-state index in [1.807, 2.05) is 27.7 Å². The molecule has 1 saturated heterocycles. The molecule has 0 spiro atoms. The Hall–Kier alpha value is -1.59. The molecular formula is C18H33IN6O3. The van der Waals surface area contributed by atoms with Gasteiger partial charge in [-0.15, -0.1) is 24.0 Å². The number of halogens is 1. The Kier molecular flexibility index (Phi) is 11.2. The van der Waals surface area contributed by atoms with Crippen molar-refractivity contribution in [1.29, 1.82) is 0 Å². The molecule has 1 aromatic rings. The van der Waals surface area contributed by atoms with Gasteiger partial charge in [0, 0.05) is 38.0 Å². The first-order chi connectivity index (χ1) is 13.0. The van der Waals surface area contributed by atoms with E-state index in [0.29, 0.717) is 38.6 Å². The molecule has 1 aromatic heterocycles. The van der Waals surface area contributed by atoms with E-state index in [-0.39, 0.29) is 42.0 Å². The Bertz CT molecular complexity index is 614. The molecule has 0 aromatic carbocycles. The second-order valence-corrected chi connectivity index (χ2v) is 6.82. The molecule has 0 aliphatic carbocycles. The smallest absolute Gasteiger partial charge is 0.409 e. The maximum Gasteiger partial charge on any atom is 0.409 e. The molecule has 1 aliphatic rings. The molecular weight excluding hydrogens is 475 g/mol. The second kappa shape index (κ2) is 12.8. The van der Waals surface area contributed by atoms with Gasteiger partial charge in [0.25, 0.3) is 0 Å². The number of hydrogen-bond donors (Lipinski definition) is 2. The summed E-state index contributed by atoms with van der Waals surface area (Å²) in [5, 5.41) is 10.7. The van der Waals surface area contributed by atoms with Crippen LogP contribution in [0.2, 0.25) is 0 Å². The summed E-state index contributed by atoms with van der Waals surface area (Å²) in [6, 6.07) is 0.282. The summed E-state index contributed by atoms with van der Waals surface area (Å²) in [4.78, 5) is 22.5. The van der Waals surface area contributed by atoms with E-state index in [1.54, 1.807) is 4.90 Å². The van der Waals surface area contributed by atoms with E-state index in [4.69, 9.17) is 9.26 Å². The molecule has 1 fully saturated rings. The van der Waals surface area contributed by atoms with E-state index in [9.17, 15) is 4.79 Å². The Morgan fingerprint density at radius 1 is 1.36 bits per heavy atom. The van der Waals surface area contributed by atoms with Gasteiger partial charge < -0.3 is 24.8 Å². The zero-order chi connectivity index (χ0) is 19.6. The Labute approximate surface area is 184 Å². The van der Waals surface area contributed by atoms with Crippen molar-refractivity contribution < 1.29 is 14.1 Å². The van der Waals surface area contributed by atoms with Crippen molar-refractivity contribution >= 4 is 36.0 Å². The molecule has 0 unspecified atom stereocenters. The molecule has 160 valence electrons. The van der Waals surface area contributed by atoms with Gasteiger partial charge >= 0.3 is 6.09 Å². The number of nitrogens with zero attached hydrogens (tertiary/aromatic N) is 4. The fraction of sp³-hybridized carbons (Fsp3) is 0.778. The van der Waals surface area contributed by atoms with E-state index in [1.165, 1.54) is 0 Å². The van der Waals surface area contributed by atoms with Gasteiger partial charge in [0.2, 0.25) is 5.89 Å². The maximum atomic E-state index is 11.8. The first-order valence-electron chi connectivity index (χ1n) is 9.82. The van der Waals surface area contributed by atoms with Crippen LogP contribution in [0, 0.1) is 0 Å². The zero-order valence-corrected chi connectivity index (χ0v) is 19.6. The van der Waals surface area contributed by atoms with Crippen molar-refractivity contribution in [1.82, 2.24) is 25.7 Å². The minimum Gasteiger partial charge on any atom is -0.450 e. The topological polar surface area (TPSA) is 105 Å². The number of aromatic nitrogens is 2. The average molecular weight is 508 g/mol. The summed E-state index contributed by atoms with van der Waals surface area (Å²) in [6.07, 6.45) is 2.12. The molecule has 10 heteroatoms. The average Bonchev–Trinajstić information content (AvgIpc) is 3.12. The fourth-order valence-corrected chi connectivity index (χ4v) is 2.80. The molecule has 2 heterocycles. The van der Waals surface area contributed by atoms with Gasteiger partial charge in [0.1, 0.15) is 0 Å². The molecule has 1 amide bonds. The third-order valence-electron chi connectivity index (χ3n) is 4.30. The van der Waals surface area contributed by atoms with Crippen molar-refractivity contribution in [3.05, 3.63) is 11.7 Å². The number of hydrogen-bond acceptors (Lipinski definition) is 6. The minimum absolute atomic E-state index is 0. The third kappa shape index (κ3) is 7.80. The summed E-state index contributed by atoms with van der Waals surface area (Å²) in [7, 11) is 0. The molecule has 0 radical (unpaired) electrons. The van der Waals surface area contributed by atoms with Crippen LogP contribution in [0.3, 0.4) is 0 Å². The van der Waals surface area contributed by atoms with Crippen LogP contribution in [-0.2, 0) is 11.2 Å². The van der Waals surface area contributed by atoms with E-state index in [0.717, 1.165) is 31.2 Å². The number of carbonyl (C=O) groups excluding carboxylic acids is 1. The SMILES string of the molecule is CCNC(=NCCc1nc(C(C)C)no1)NC1CCN(C(=O)OCC)CC1.I. The fourth-order valence-electron chi connectivity index (χ4n) is 2.80. The molecule has 0 bridgehead atoms. The van der Waals surface area contributed by atoms with Crippen LogP contribution >= 0.6 is 24.0 Å². The Morgan fingerprint density at radius 3 is 2.64 bits per heavy atom. The van der Waals surface area contributed by atoms with Crippen LogP contribution in [0.15, 0.2) is 9.52 Å². The van der Waals surface area contributed by atoms with Crippen LogP contribution in [0.5, 0.6) is 0 Å². The van der Waals surface area contributed by atoms with Gasteiger partial charge in [-0.25, -0.2) is 4.79 Å². The third-order valence-corrected chi connectivity index (χ3v) is 4.30. The molecule has 9 nitrogen and oxygen atoms in total. The van der Waals surface area contributed by atoms with Gasteiger partial charge in [0.15, 0.2) is 11.8 Å². The number of amides is 1. The Morgan fingerprint density at radius 2 is 2.07 bits per heavy atom. The number of rotatable bonds is 7. The van der Waals surface area contributed by atoms with Gasteiger partial charge in [-0.05, 0) is 26.7 Å². The molecule has 28 heavy (non-hydrogen) atoms. The predicted molar refractivity (Wildman–Crippen MR) is 118 cm³/mol. The lowest BCUT2D eigenvalue weighted by molar-refractivity contribution is 0.0963.